The minimum Gasteiger partial charge on any atom is -0.506 e. The summed E-state index contributed by atoms with van der Waals surface area (Å²) in [6.45, 7) is 1.36. The van der Waals surface area contributed by atoms with Crippen LogP contribution in [-0.4, -0.2) is 30.5 Å². The monoisotopic (exact) mass is 218 g/mol. The summed E-state index contributed by atoms with van der Waals surface area (Å²) in [7, 11) is 0. The van der Waals surface area contributed by atoms with Crippen molar-refractivity contribution in [2.24, 2.45) is 0 Å². The van der Waals surface area contributed by atoms with Crippen LogP contribution in [0.15, 0.2) is 0 Å². The van der Waals surface area contributed by atoms with Crippen LogP contribution in [0.3, 0.4) is 0 Å². The van der Waals surface area contributed by atoms with Gasteiger partial charge < -0.3 is 39.1 Å². The van der Waals surface area contributed by atoms with E-state index in [1.165, 1.54) is 0 Å². The van der Waals surface area contributed by atoms with E-state index in [4.69, 9.17) is 14.2 Å². The van der Waals surface area contributed by atoms with E-state index in [1.807, 2.05) is 0 Å². The Balaban J connectivity index is 0.000001000. The van der Waals surface area contributed by atoms with Crippen LogP contribution in [0.2, 0.25) is 0 Å². The van der Waals surface area contributed by atoms with Gasteiger partial charge in [0, 0.05) is 4.38 Å². The second-order valence-corrected chi connectivity index (χ2v) is 2.85. The van der Waals surface area contributed by atoms with Gasteiger partial charge in [-0.25, -0.2) is 0 Å². The second kappa shape index (κ2) is 7.11. The zero-order chi connectivity index (χ0) is 7.40. The molecule has 58 valence electrons. The number of rotatable bonds is 1. The molecule has 0 saturated carbocycles. The maximum atomic E-state index is 4.99. The standard InChI is InChI=1S/C5H8O3S2.K/c9-5(10)8-4-1-6-3-7-2-4;/h4H,1-3H2,(H,9,10);/q;+1/p-1. The molecule has 0 aliphatic carbocycles. The third-order valence-corrected chi connectivity index (χ3v) is 1.23. The van der Waals surface area contributed by atoms with Gasteiger partial charge in [-0.3, -0.25) is 0 Å². The Morgan fingerprint density at radius 2 is 2.00 bits per heavy atom. The van der Waals surface area contributed by atoms with Crippen molar-refractivity contribution in [3.05, 3.63) is 0 Å². The molecule has 0 aromatic carbocycles. The van der Waals surface area contributed by atoms with E-state index in [2.05, 4.69) is 24.8 Å². The summed E-state index contributed by atoms with van der Waals surface area (Å²) in [6, 6.07) is 0. The predicted molar refractivity (Wildman–Crippen MR) is 41.6 cm³/mol. The normalized spacial score (nSPS) is 18.5. The Kier molecular flexibility index (Phi) is 8.18. The molecule has 11 heavy (non-hydrogen) atoms. The molecule has 0 N–H and O–H groups in total. The first-order valence-electron chi connectivity index (χ1n) is 2.82. The van der Waals surface area contributed by atoms with Gasteiger partial charge in [0.1, 0.15) is 12.9 Å². The Morgan fingerprint density at radius 3 is 2.45 bits per heavy atom. The SMILES string of the molecule is S=C([S-])OC1COCOC1.[K+]. The van der Waals surface area contributed by atoms with E-state index in [9.17, 15) is 0 Å². The molecule has 0 aromatic heterocycles. The summed E-state index contributed by atoms with van der Waals surface area (Å²) in [5.41, 5.74) is 0. The smallest absolute Gasteiger partial charge is 0.506 e. The van der Waals surface area contributed by atoms with E-state index in [1.54, 1.807) is 0 Å². The average molecular weight is 218 g/mol. The third kappa shape index (κ3) is 5.84. The Hall–Kier alpha value is 1.67. The van der Waals surface area contributed by atoms with Gasteiger partial charge in [-0.2, -0.15) is 0 Å². The summed E-state index contributed by atoms with van der Waals surface area (Å²) in [6.07, 6.45) is -0.112. The number of hydrogen-bond donors (Lipinski definition) is 0. The van der Waals surface area contributed by atoms with Crippen molar-refractivity contribution in [3.63, 3.8) is 0 Å². The summed E-state index contributed by atoms with van der Waals surface area (Å²) < 4.78 is 15.0. The first-order chi connectivity index (χ1) is 4.79. The van der Waals surface area contributed by atoms with Crippen LogP contribution in [0, 0.1) is 0 Å². The molecule has 1 aliphatic rings. The van der Waals surface area contributed by atoms with Gasteiger partial charge in [0.2, 0.25) is 0 Å². The van der Waals surface area contributed by atoms with Crippen LogP contribution < -0.4 is 51.4 Å². The van der Waals surface area contributed by atoms with Crippen LogP contribution in [0.4, 0.5) is 0 Å². The van der Waals surface area contributed by atoms with E-state index >= 15 is 0 Å². The van der Waals surface area contributed by atoms with Crippen LogP contribution in [-0.2, 0) is 26.8 Å². The van der Waals surface area contributed by atoms with Crippen molar-refractivity contribution in [1.29, 1.82) is 0 Å². The molecular formula is C5H7KO3S2. The van der Waals surface area contributed by atoms with E-state index in [0.717, 1.165) is 0 Å². The fraction of sp³-hybridized carbons (Fsp3) is 0.800. The zero-order valence-corrected chi connectivity index (χ0v) is 11.0. The molecule has 1 saturated heterocycles. The molecule has 0 bridgehead atoms. The zero-order valence-electron chi connectivity index (χ0n) is 6.24. The van der Waals surface area contributed by atoms with E-state index in [0.29, 0.717) is 20.0 Å². The molecule has 0 aromatic rings. The first kappa shape index (κ1) is 12.7. The van der Waals surface area contributed by atoms with Crippen molar-refractivity contribution in [1.82, 2.24) is 0 Å². The van der Waals surface area contributed by atoms with Crippen molar-refractivity contribution in [2.75, 3.05) is 20.0 Å². The molecule has 6 heteroatoms. The van der Waals surface area contributed by atoms with Crippen molar-refractivity contribution >= 4 is 29.2 Å². The molecule has 1 rings (SSSR count). The molecule has 0 unspecified atom stereocenters. The fourth-order valence-electron chi connectivity index (χ4n) is 0.670. The predicted octanol–water partition coefficient (Wildman–Crippen LogP) is -2.79. The maximum absolute atomic E-state index is 4.99. The molecule has 0 radical (unpaired) electrons. The molecule has 0 amide bonds. The van der Waals surface area contributed by atoms with Crippen LogP contribution in [0.1, 0.15) is 0 Å². The topological polar surface area (TPSA) is 27.7 Å². The Bertz CT molecular complexity index is 127. The quantitative estimate of drug-likeness (QED) is 0.269. The fourth-order valence-corrected chi connectivity index (χ4v) is 0.942. The van der Waals surface area contributed by atoms with Crippen LogP contribution in [0.5, 0.6) is 0 Å². The van der Waals surface area contributed by atoms with Crippen LogP contribution in [0.25, 0.3) is 0 Å². The molecule has 1 heterocycles. The largest absolute Gasteiger partial charge is 1.00 e. The van der Waals surface area contributed by atoms with Gasteiger partial charge in [-0.1, -0.05) is 0 Å². The van der Waals surface area contributed by atoms with Gasteiger partial charge in [-0.15, -0.1) is 0 Å². The van der Waals surface area contributed by atoms with Gasteiger partial charge in [0.15, 0.2) is 0 Å². The molecule has 1 fully saturated rings. The first-order valence-corrected chi connectivity index (χ1v) is 3.64. The van der Waals surface area contributed by atoms with E-state index < -0.39 is 0 Å². The summed E-state index contributed by atoms with van der Waals surface area (Å²) in [4.78, 5) is 0. The number of thiocarbonyl (C=S) groups is 1. The minimum absolute atomic E-state index is 0. The number of hydrogen-bond acceptors (Lipinski definition) is 5. The minimum atomic E-state index is -0.112. The third-order valence-electron chi connectivity index (χ3n) is 1.04. The van der Waals surface area contributed by atoms with Gasteiger partial charge >= 0.3 is 51.4 Å². The van der Waals surface area contributed by atoms with Gasteiger partial charge in [-0.05, 0) is 0 Å². The second-order valence-electron chi connectivity index (χ2n) is 1.85. The van der Waals surface area contributed by atoms with Crippen molar-refractivity contribution in [2.45, 2.75) is 6.10 Å². The molecular weight excluding hydrogens is 211 g/mol. The molecule has 0 spiro atoms. The Morgan fingerprint density at radius 1 is 1.45 bits per heavy atom. The molecule has 1 aliphatic heterocycles. The van der Waals surface area contributed by atoms with Gasteiger partial charge in [0.05, 0.1) is 13.2 Å². The Labute approximate surface area is 119 Å². The summed E-state index contributed by atoms with van der Waals surface area (Å²) in [5, 5.41) is 0. The summed E-state index contributed by atoms with van der Waals surface area (Å²) >= 11 is 9.12. The molecule has 3 nitrogen and oxygen atoms in total. The average Bonchev–Trinajstić information content (AvgIpc) is 1.88. The number of ether oxygens (including phenoxy) is 3. The molecule has 0 atom stereocenters. The van der Waals surface area contributed by atoms with Gasteiger partial charge in [0.25, 0.3) is 0 Å². The van der Waals surface area contributed by atoms with Crippen molar-refractivity contribution < 1.29 is 65.6 Å². The summed E-state index contributed by atoms with van der Waals surface area (Å²) in [5.74, 6) is 0. The van der Waals surface area contributed by atoms with Crippen LogP contribution >= 0.6 is 12.2 Å². The van der Waals surface area contributed by atoms with E-state index in [-0.39, 0.29) is 61.9 Å². The van der Waals surface area contributed by atoms with Crippen molar-refractivity contribution in [3.8, 4) is 0 Å². The maximum Gasteiger partial charge on any atom is 1.00 e.